The van der Waals surface area contributed by atoms with Crippen LogP contribution in [0.15, 0.2) is 29.2 Å². The van der Waals surface area contributed by atoms with Gasteiger partial charge in [-0.1, -0.05) is 0 Å². The fraction of sp³-hybridized carbons (Fsp3) is 0.333. The Hall–Kier alpha value is 0.300. The zero-order valence-electron chi connectivity index (χ0n) is 6.80. The van der Waals surface area contributed by atoms with Gasteiger partial charge >= 0.3 is 83.3 Å². The van der Waals surface area contributed by atoms with E-state index < -0.39 is 0 Å². The Labute approximate surface area is 83.0 Å². The number of alkyl halides is 2. The molecule has 0 N–H and O–H groups in total. The van der Waals surface area contributed by atoms with Crippen molar-refractivity contribution >= 4 is 11.8 Å². The molecule has 0 radical (unpaired) electrons. The van der Waals surface area contributed by atoms with E-state index in [0.717, 1.165) is 0 Å². The molecule has 0 nitrogen and oxygen atoms in total. The summed E-state index contributed by atoms with van der Waals surface area (Å²) in [5, 5.41) is 0. The molecule has 0 bridgehead atoms. The first-order valence-electron chi connectivity index (χ1n) is 3.43. The number of hydrogen-bond acceptors (Lipinski definition) is 1. The van der Waals surface area contributed by atoms with Crippen molar-refractivity contribution in [2.24, 2.45) is 0 Å². The molecule has 0 spiro atoms. The predicted octanol–water partition coefficient (Wildman–Crippen LogP) is -0.373. The maximum absolute atomic E-state index is 2.32. The van der Waals surface area contributed by atoms with E-state index in [4.69, 9.17) is 0 Å². The predicted molar refractivity (Wildman–Crippen MR) is 47.9 cm³/mol. The molecule has 0 saturated carbocycles. The summed E-state index contributed by atoms with van der Waals surface area (Å²) < 4.78 is 1.31. The van der Waals surface area contributed by atoms with E-state index in [0.29, 0.717) is 21.2 Å². The van der Waals surface area contributed by atoms with Crippen molar-refractivity contribution in [2.75, 3.05) is 11.2 Å². The SMILES string of the molecule is CSc1cccc(C[I-]C)c1. The number of hydrogen-bond donors (Lipinski definition) is 0. The van der Waals surface area contributed by atoms with Gasteiger partial charge in [0.2, 0.25) is 0 Å². The molecule has 0 unspecified atom stereocenters. The van der Waals surface area contributed by atoms with Crippen LogP contribution < -0.4 is 21.2 Å². The molecule has 0 heterocycles. The Morgan fingerprint density at radius 3 is 2.91 bits per heavy atom. The minimum absolute atomic E-state index is 0.401. The Kier molecular flexibility index (Phi) is 4.30. The van der Waals surface area contributed by atoms with Gasteiger partial charge in [-0.15, -0.1) is 0 Å². The zero-order valence-corrected chi connectivity index (χ0v) is 9.78. The standard InChI is InChI=1S/C9H12IS/c1-10-7-8-4-3-5-9(6-8)11-2/h3-6H,7H2,1-2H3/q-1. The Bertz CT molecular complexity index is 223. The van der Waals surface area contributed by atoms with E-state index in [1.165, 1.54) is 14.9 Å². The monoisotopic (exact) mass is 279 g/mol. The van der Waals surface area contributed by atoms with Gasteiger partial charge in [0.05, 0.1) is 0 Å². The minimum atomic E-state index is 0.401. The number of benzene rings is 1. The molecule has 1 aromatic rings. The van der Waals surface area contributed by atoms with Crippen LogP contribution in [0.25, 0.3) is 0 Å². The van der Waals surface area contributed by atoms with Crippen LogP contribution in [0.4, 0.5) is 0 Å². The van der Waals surface area contributed by atoms with E-state index in [1.807, 2.05) is 11.8 Å². The third-order valence-corrected chi connectivity index (χ3v) is 3.79. The second-order valence-corrected chi connectivity index (χ2v) is 5.42. The second-order valence-electron chi connectivity index (χ2n) is 2.25. The van der Waals surface area contributed by atoms with Crippen LogP contribution in [0.2, 0.25) is 0 Å². The average molecular weight is 279 g/mol. The third-order valence-electron chi connectivity index (χ3n) is 1.42. The van der Waals surface area contributed by atoms with Crippen LogP contribution in [0, 0.1) is 0 Å². The maximum atomic E-state index is 2.32. The summed E-state index contributed by atoms with van der Waals surface area (Å²) in [7, 11) is 0. The summed E-state index contributed by atoms with van der Waals surface area (Å²) in [6.45, 7) is 0. The van der Waals surface area contributed by atoms with Crippen LogP contribution in [0.1, 0.15) is 5.56 Å². The molecule has 0 aliphatic rings. The average Bonchev–Trinajstić information content (AvgIpc) is 2.06. The van der Waals surface area contributed by atoms with Gasteiger partial charge in [0, 0.05) is 0 Å². The number of thioether (sulfide) groups is 1. The molecule has 2 heteroatoms. The summed E-state index contributed by atoms with van der Waals surface area (Å²) in [4.78, 5) is 3.71. The molecule has 11 heavy (non-hydrogen) atoms. The summed E-state index contributed by atoms with van der Waals surface area (Å²) in [5.74, 6) is 0. The van der Waals surface area contributed by atoms with Crippen LogP contribution >= 0.6 is 11.8 Å². The zero-order chi connectivity index (χ0) is 8.10. The fourth-order valence-electron chi connectivity index (χ4n) is 0.910. The van der Waals surface area contributed by atoms with Crippen LogP contribution in [-0.4, -0.2) is 11.2 Å². The summed E-state index contributed by atoms with van der Waals surface area (Å²) in [5.41, 5.74) is 1.51. The second kappa shape index (κ2) is 5.04. The first-order valence-corrected chi connectivity index (χ1v) is 8.34. The van der Waals surface area contributed by atoms with Gasteiger partial charge in [0.1, 0.15) is 0 Å². The van der Waals surface area contributed by atoms with Crippen LogP contribution in [0.5, 0.6) is 0 Å². The van der Waals surface area contributed by atoms with Crippen molar-refractivity contribution < 1.29 is 21.2 Å². The van der Waals surface area contributed by atoms with Gasteiger partial charge in [0.15, 0.2) is 0 Å². The molecule has 0 amide bonds. The molecule has 0 aliphatic carbocycles. The number of rotatable bonds is 3. The van der Waals surface area contributed by atoms with Crippen molar-refractivity contribution in [3.63, 3.8) is 0 Å². The van der Waals surface area contributed by atoms with Crippen molar-refractivity contribution in [1.82, 2.24) is 0 Å². The Morgan fingerprint density at radius 2 is 2.27 bits per heavy atom. The van der Waals surface area contributed by atoms with E-state index >= 15 is 0 Å². The molecule has 1 rings (SSSR count). The van der Waals surface area contributed by atoms with Gasteiger partial charge in [-0.25, -0.2) is 0 Å². The van der Waals surface area contributed by atoms with Crippen molar-refractivity contribution in [3.8, 4) is 0 Å². The molecule has 0 atom stereocenters. The molecular weight excluding hydrogens is 267 g/mol. The molecule has 0 aliphatic heterocycles. The summed E-state index contributed by atoms with van der Waals surface area (Å²) >= 11 is 2.22. The molecule has 0 aromatic heterocycles. The van der Waals surface area contributed by atoms with Crippen molar-refractivity contribution in [1.29, 1.82) is 0 Å². The third kappa shape index (κ3) is 3.03. The first kappa shape index (κ1) is 9.39. The first-order chi connectivity index (χ1) is 5.36. The van der Waals surface area contributed by atoms with Crippen LogP contribution in [0.3, 0.4) is 0 Å². The van der Waals surface area contributed by atoms with Gasteiger partial charge in [-0.3, -0.25) is 0 Å². The van der Waals surface area contributed by atoms with Crippen molar-refractivity contribution in [2.45, 2.75) is 9.32 Å². The Balaban J connectivity index is 2.74. The normalized spacial score (nSPS) is 10.4. The van der Waals surface area contributed by atoms with Gasteiger partial charge in [-0.2, -0.15) is 0 Å². The fourth-order valence-corrected chi connectivity index (χ4v) is 2.75. The van der Waals surface area contributed by atoms with Crippen LogP contribution in [-0.2, 0) is 4.43 Å². The van der Waals surface area contributed by atoms with E-state index in [9.17, 15) is 0 Å². The number of halogens is 1. The molecular formula is C9H12IS-. The molecule has 1 aromatic carbocycles. The quantitative estimate of drug-likeness (QED) is 0.413. The summed E-state index contributed by atoms with van der Waals surface area (Å²) in [6.07, 6.45) is 2.13. The molecule has 0 saturated heterocycles. The van der Waals surface area contributed by atoms with E-state index in [1.54, 1.807) is 0 Å². The summed E-state index contributed by atoms with van der Waals surface area (Å²) in [6, 6.07) is 8.85. The Morgan fingerprint density at radius 1 is 1.45 bits per heavy atom. The van der Waals surface area contributed by atoms with E-state index in [-0.39, 0.29) is 0 Å². The van der Waals surface area contributed by atoms with Gasteiger partial charge in [-0.05, 0) is 0 Å². The van der Waals surface area contributed by atoms with E-state index in [2.05, 4.69) is 35.5 Å². The van der Waals surface area contributed by atoms with Gasteiger partial charge < -0.3 is 0 Å². The molecule has 0 fully saturated rings. The molecule has 62 valence electrons. The van der Waals surface area contributed by atoms with Gasteiger partial charge in [0.25, 0.3) is 0 Å². The van der Waals surface area contributed by atoms with Crippen molar-refractivity contribution in [3.05, 3.63) is 29.8 Å². The topological polar surface area (TPSA) is 0 Å².